The zero-order chi connectivity index (χ0) is 10.4. The highest BCUT2D eigenvalue weighted by atomic mass is 127. The highest BCUT2D eigenvalue weighted by Gasteiger charge is 2.03. The smallest absolute Gasteiger partial charge is 0.269 e. The predicted molar refractivity (Wildman–Crippen MR) is 60.4 cm³/mol. The van der Waals surface area contributed by atoms with E-state index in [4.69, 9.17) is 4.74 Å². The Morgan fingerprint density at radius 2 is 2.07 bits per heavy atom. The molecule has 0 N–H and O–H groups in total. The number of alkyl halides is 1. The van der Waals surface area contributed by atoms with Crippen molar-refractivity contribution in [1.82, 2.24) is 0 Å². The highest BCUT2D eigenvalue weighted by molar-refractivity contribution is 14.1. The number of nitro benzene ring substituents is 1. The first-order valence-electron chi connectivity index (χ1n) is 3.69. The fraction of sp³-hybridized carbons (Fsp3) is 0.111. The Morgan fingerprint density at radius 1 is 1.43 bits per heavy atom. The SMILES string of the molecule is O=[N+]([O-])c1ccc(OC#CCI)cc1. The van der Waals surface area contributed by atoms with Gasteiger partial charge < -0.3 is 4.74 Å². The number of ether oxygens (including phenoxy) is 1. The Hall–Kier alpha value is -1.29. The maximum absolute atomic E-state index is 10.3. The number of hydrogen-bond acceptors (Lipinski definition) is 3. The summed E-state index contributed by atoms with van der Waals surface area (Å²) in [5, 5.41) is 10.3. The standard InChI is InChI=1S/C9H6INO3/c10-6-1-7-14-9-4-2-8(3-5-9)11(12)13/h2-5H,6H2. The zero-order valence-corrected chi connectivity index (χ0v) is 9.22. The van der Waals surface area contributed by atoms with Crippen molar-refractivity contribution < 1.29 is 9.66 Å². The van der Waals surface area contributed by atoms with E-state index in [9.17, 15) is 10.1 Å². The average Bonchev–Trinajstić information content (AvgIpc) is 2.19. The molecule has 0 aliphatic heterocycles. The van der Waals surface area contributed by atoms with E-state index >= 15 is 0 Å². The van der Waals surface area contributed by atoms with Crippen LogP contribution in [-0.4, -0.2) is 9.35 Å². The number of nitro groups is 1. The lowest BCUT2D eigenvalue weighted by molar-refractivity contribution is -0.384. The molecule has 0 fully saturated rings. The second kappa shape index (κ2) is 5.44. The van der Waals surface area contributed by atoms with Gasteiger partial charge in [0.2, 0.25) is 0 Å². The van der Waals surface area contributed by atoms with Crippen molar-refractivity contribution >= 4 is 28.3 Å². The Labute approximate surface area is 94.6 Å². The predicted octanol–water partition coefficient (Wildman–Crippen LogP) is 2.37. The lowest BCUT2D eigenvalue weighted by Gasteiger charge is -1.95. The van der Waals surface area contributed by atoms with E-state index in [0.29, 0.717) is 10.2 Å². The van der Waals surface area contributed by atoms with Gasteiger partial charge in [0, 0.05) is 12.1 Å². The average molecular weight is 303 g/mol. The molecule has 0 aliphatic carbocycles. The molecule has 5 heteroatoms. The summed E-state index contributed by atoms with van der Waals surface area (Å²) in [5.41, 5.74) is 0.0409. The molecule has 1 rings (SSSR count). The molecule has 1 aromatic carbocycles. The van der Waals surface area contributed by atoms with Gasteiger partial charge in [-0.05, 0) is 18.1 Å². The minimum absolute atomic E-state index is 0.0409. The molecule has 0 saturated carbocycles. The van der Waals surface area contributed by atoms with Crippen LogP contribution in [0.4, 0.5) is 5.69 Å². The molecular formula is C9H6INO3. The monoisotopic (exact) mass is 303 g/mol. The van der Waals surface area contributed by atoms with Gasteiger partial charge in [0.15, 0.2) is 0 Å². The highest BCUT2D eigenvalue weighted by Crippen LogP contribution is 2.16. The van der Waals surface area contributed by atoms with Gasteiger partial charge in [0.25, 0.3) is 5.69 Å². The normalized spacial score (nSPS) is 8.64. The first-order valence-corrected chi connectivity index (χ1v) is 5.21. The lowest BCUT2D eigenvalue weighted by Crippen LogP contribution is -1.88. The molecule has 0 unspecified atom stereocenters. The molecule has 0 aliphatic rings. The summed E-state index contributed by atoms with van der Waals surface area (Å²) in [4.78, 5) is 9.85. The Morgan fingerprint density at radius 3 is 2.57 bits per heavy atom. The van der Waals surface area contributed by atoms with E-state index in [1.807, 2.05) is 0 Å². The molecule has 0 heterocycles. The first-order chi connectivity index (χ1) is 6.74. The molecule has 0 spiro atoms. The summed E-state index contributed by atoms with van der Waals surface area (Å²) >= 11 is 2.10. The maximum Gasteiger partial charge on any atom is 0.269 e. The third-order valence-electron chi connectivity index (χ3n) is 1.36. The summed E-state index contributed by atoms with van der Waals surface area (Å²) in [6, 6.07) is 5.78. The molecule has 0 aromatic heterocycles. The number of non-ortho nitro benzene ring substituents is 1. The summed E-state index contributed by atoms with van der Waals surface area (Å²) in [6.45, 7) is 0. The van der Waals surface area contributed by atoms with Crippen molar-refractivity contribution in [3.05, 3.63) is 34.4 Å². The van der Waals surface area contributed by atoms with Crippen LogP contribution >= 0.6 is 22.6 Å². The number of nitrogens with zero attached hydrogens (tertiary/aromatic N) is 1. The summed E-state index contributed by atoms with van der Waals surface area (Å²) in [5.74, 6) is 3.22. The summed E-state index contributed by atoms with van der Waals surface area (Å²) < 4.78 is 5.68. The Kier molecular flexibility index (Phi) is 4.19. The van der Waals surface area contributed by atoms with Gasteiger partial charge >= 0.3 is 0 Å². The second-order valence-corrected chi connectivity index (χ2v) is 3.03. The van der Waals surface area contributed by atoms with Gasteiger partial charge in [0.05, 0.1) is 9.35 Å². The molecule has 14 heavy (non-hydrogen) atoms. The van der Waals surface area contributed by atoms with Gasteiger partial charge in [0.1, 0.15) is 11.9 Å². The number of hydrogen-bond donors (Lipinski definition) is 0. The molecular weight excluding hydrogens is 297 g/mol. The van der Waals surface area contributed by atoms with Gasteiger partial charge in [-0.1, -0.05) is 22.6 Å². The maximum atomic E-state index is 10.3. The van der Waals surface area contributed by atoms with Crippen LogP contribution in [0.3, 0.4) is 0 Å². The molecule has 0 amide bonds. The third-order valence-corrected chi connectivity index (χ3v) is 1.74. The molecule has 1 aromatic rings. The zero-order valence-electron chi connectivity index (χ0n) is 7.07. The fourth-order valence-corrected chi connectivity index (χ4v) is 0.914. The van der Waals surface area contributed by atoms with Crippen LogP contribution in [0.2, 0.25) is 0 Å². The van der Waals surface area contributed by atoms with Crippen LogP contribution in [0.15, 0.2) is 24.3 Å². The molecule has 0 saturated heterocycles. The van der Waals surface area contributed by atoms with E-state index in [1.165, 1.54) is 24.3 Å². The van der Waals surface area contributed by atoms with Crippen LogP contribution in [0.5, 0.6) is 5.75 Å². The van der Waals surface area contributed by atoms with Crippen molar-refractivity contribution in [1.29, 1.82) is 0 Å². The Balaban J connectivity index is 2.69. The second-order valence-electron chi connectivity index (χ2n) is 2.27. The number of rotatable bonds is 2. The first kappa shape index (κ1) is 10.8. The Bertz CT molecular complexity index is 377. The van der Waals surface area contributed by atoms with Gasteiger partial charge in [-0.2, -0.15) is 0 Å². The topological polar surface area (TPSA) is 52.4 Å². The van der Waals surface area contributed by atoms with E-state index < -0.39 is 4.92 Å². The van der Waals surface area contributed by atoms with Crippen LogP contribution in [0.1, 0.15) is 0 Å². The number of benzene rings is 1. The van der Waals surface area contributed by atoms with E-state index in [1.54, 1.807) is 0 Å². The molecule has 72 valence electrons. The molecule has 0 bridgehead atoms. The van der Waals surface area contributed by atoms with Crippen molar-refractivity contribution in [2.75, 3.05) is 4.43 Å². The molecule has 4 nitrogen and oxygen atoms in total. The van der Waals surface area contributed by atoms with Crippen molar-refractivity contribution in [3.63, 3.8) is 0 Å². The largest absolute Gasteiger partial charge is 0.408 e. The van der Waals surface area contributed by atoms with Crippen LogP contribution in [-0.2, 0) is 0 Å². The minimum Gasteiger partial charge on any atom is -0.408 e. The van der Waals surface area contributed by atoms with E-state index in [-0.39, 0.29) is 5.69 Å². The minimum atomic E-state index is -0.458. The molecule has 0 atom stereocenters. The van der Waals surface area contributed by atoms with E-state index in [0.717, 1.165) is 0 Å². The molecule has 0 radical (unpaired) electrons. The summed E-state index contributed by atoms with van der Waals surface area (Å²) in [7, 11) is 0. The van der Waals surface area contributed by atoms with Gasteiger partial charge in [-0.25, -0.2) is 0 Å². The lowest BCUT2D eigenvalue weighted by atomic mass is 10.3. The summed E-state index contributed by atoms with van der Waals surface area (Å²) in [6.07, 6.45) is 2.47. The number of halogens is 1. The van der Waals surface area contributed by atoms with Crippen LogP contribution in [0, 0.1) is 22.1 Å². The fourth-order valence-electron chi connectivity index (χ4n) is 0.758. The van der Waals surface area contributed by atoms with Crippen molar-refractivity contribution in [3.8, 4) is 17.8 Å². The van der Waals surface area contributed by atoms with Gasteiger partial charge in [-0.3, -0.25) is 10.1 Å². The third kappa shape index (κ3) is 3.22. The van der Waals surface area contributed by atoms with Crippen molar-refractivity contribution in [2.24, 2.45) is 0 Å². The van der Waals surface area contributed by atoms with E-state index in [2.05, 4.69) is 34.6 Å². The van der Waals surface area contributed by atoms with Crippen LogP contribution in [0.25, 0.3) is 0 Å². The van der Waals surface area contributed by atoms with Gasteiger partial charge in [-0.15, -0.1) is 0 Å². The van der Waals surface area contributed by atoms with Crippen LogP contribution < -0.4 is 4.74 Å². The quantitative estimate of drug-likeness (QED) is 0.277. The van der Waals surface area contributed by atoms with Crippen molar-refractivity contribution in [2.45, 2.75) is 0 Å².